The molecule has 2 aromatic heterocycles. The molecule has 6 nitrogen and oxygen atoms in total. The maximum atomic E-state index is 6.77. The van der Waals surface area contributed by atoms with Crippen LogP contribution in [0.5, 0.6) is 11.5 Å². The summed E-state index contributed by atoms with van der Waals surface area (Å²) in [7, 11) is 0. The molecule has 0 fully saturated rings. The largest absolute Gasteiger partial charge is 0.509 e. The SMILES string of the molecule is CC(C)(C)c1cnc(-n2c3[c-]c(Oc4[c-]c(N5[CH-]N(Cc6ccccc6)c6ccccc65)cc(-c5ccccc5)c4)ccc3c3cc(C(C)(C)C)ccc32)nc1.[Pt]. The second kappa shape index (κ2) is 15.0. The van der Waals surface area contributed by atoms with Crippen LogP contribution in [-0.2, 0) is 38.4 Å². The first kappa shape index (κ1) is 38.2. The number of ether oxygens (including phenoxy) is 1. The third-order valence-corrected chi connectivity index (χ3v) is 10.5. The van der Waals surface area contributed by atoms with Gasteiger partial charge in [-0.25, -0.2) is 9.97 Å². The van der Waals surface area contributed by atoms with Crippen LogP contribution in [0, 0.1) is 18.8 Å². The van der Waals surface area contributed by atoms with Crippen LogP contribution in [0.25, 0.3) is 38.9 Å². The van der Waals surface area contributed by atoms with Crippen molar-refractivity contribution in [2.24, 2.45) is 0 Å². The van der Waals surface area contributed by atoms with Gasteiger partial charge in [0.05, 0.1) is 0 Å². The number of hydrogen-bond acceptors (Lipinski definition) is 5. The molecule has 7 heteroatoms. The van der Waals surface area contributed by atoms with E-state index < -0.39 is 0 Å². The quantitative estimate of drug-likeness (QED) is 0.149. The van der Waals surface area contributed by atoms with Crippen LogP contribution in [0.1, 0.15) is 58.2 Å². The molecule has 1 aliphatic heterocycles. The Labute approximate surface area is 350 Å². The Morgan fingerprint density at radius 1 is 0.614 bits per heavy atom. The Kier molecular flexibility index (Phi) is 10.0. The fraction of sp³-hybridized carbons (Fsp3) is 0.180. The van der Waals surface area contributed by atoms with Crippen molar-refractivity contribution in [2.45, 2.75) is 58.9 Å². The number of hydrogen-bond donors (Lipinski definition) is 0. The predicted octanol–water partition coefficient (Wildman–Crippen LogP) is 12.5. The second-order valence-corrected chi connectivity index (χ2v) is 16.6. The van der Waals surface area contributed by atoms with Gasteiger partial charge in [0.25, 0.3) is 0 Å². The first-order valence-electron chi connectivity index (χ1n) is 19.2. The number of fused-ring (bicyclic) bond motifs is 4. The third kappa shape index (κ3) is 7.47. The normalized spacial score (nSPS) is 12.9. The summed E-state index contributed by atoms with van der Waals surface area (Å²) in [6.07, 6.45) is 3.87. The summed E-state index contributed by atoms with van der Waals surface area (Å²) in [5, 5.41) is 2.19. The molecule has 0 bridgehead atoms. The third-order valence-electron chi connectivity index (χ3n) is 10.5. The van der Waals surface area contributed by atoms with E-state index in [-0.39, 0.29) is 31.9 Å². The molecule has 0 amide bonds. The fourth-order valence-electron chi connectivity index (χ4n) is 7.38. The minimum Gasteiger partial charge on any atom is -0.509 e. The van der Waals surface area contributed by atoms with E-state index in [1.165, 1.54) is 11.1 Å². The van der Waals surface area contributed by atoms with E-state index in [4.69, 9.17) is 14.7 Å². The fourth-order valence-corrected chi connectivity index (χ4v) is 7.38. The van der Waals surface area contributed by atoms with E-state index in [0.29, 0.717) is 17.4 Å². The molecular formula is C50H44N5OPt-3. The van der Waals surface area contributed by atoms with Crippen LogP contribution in [0.2, 0.25) is 0 Å². The summed E-state index contributed by atoms with van der Waals surface area (Å²) in [5.41, 5.74) is 10.6. The molecule has 0 saturated carbocycles. The topological polar surface area (TPSA) is 46.4 Å². The van der Waals surface area contributed by atoms with Crippen molar-refractivity contribution in [3.8, 4) is 28.6 Å². The van der Waals surface area contributed by atoms with E-state index in [2.05, 4.69) is 190 Å². The average molecular weight is 926 g/mol. The van der Waals surface area contributed by atoms with Crippen molar-refractivity contribution in [1.29, 1.82) is 0 Å². The van der Waals surface area contributed by atoms with E-state index in [9.17, 15) is 0 Å². The zero-order valence-corrected chi connectivity index (χ0v) is 35.3. The molecule has 6 aromatic carbocycles. The van der Waals surface area contributed by atoms with Crippen molar-refractivity contribution < 1.29 is 25.8 Å². The van der Waals surface area contributed by atoms with Gasteiger partial charge < -0.3 is 19.1 Å². The Balaban J connectivity index is 0.00000455. The monoisotopic (exact) mass is 925 g/mol. The molecule has 3 heterocycles. The maximum Gasteiger partial charge on any atom is 0.232 e. The van der Waals surface area contributed by atoms with Gasteiger partial charge in [0.1, 0.15) is 0 Å². The van der Waals surface area contributed by atoms with Gasteiger partial charge in [-0.2, -0.15) is 12.7 Å². The zero-order valence-electron chi connectivity index (χ0n) is 33.0. The number of aromatic nitrogens is 3. The van der Waals surface area contributed by atoms with E-state index >= 15 is 0 Å². The number of benzene rings is 6. The van der Waals surface area contributed by atoms with Crippen LogP contribution < -0.4 is 14.5 Å². The van der Waals surface area contributed by atoms with Gasteiger partial charge in [0, 0.05) is 68.4 Å². The van der Waals surface area contributed by atoms with Crippen molar-refractivity contribution >= 4 is 38.9 Å². The summed E-state index contributed by atoms with van der Waals surface area (Å²) in [5.74, 6) is 1.76. The van der Waals surface area contributed by atoms with E-state index in [1.54, 1.807) is 0 Å². The van der Waals surface area contributed by atoms with Gasteiger partial charge in [0.15, 0.2) is 0 Å². The molecule has 0 radical (unpaired) electrons. The minimum atomic E-state index is -0.0627. The van der Waals surface area contributed by atoms with Crippen molar-refractivity contribution in [3.05, 3.63) is 175 Å². The van der Waals surface area contributed by atoms with Gasteiger partial charge in [-0.05, 0) is 56.7 Å². The molecule has 0 aliphatic carbocycles. The van der Waals surface area contributed by atoms with Crippen LogP contribution in [0.3, 0.4) is 0 Å². The number of nitrogens with zero attached hydrogens (tertiary/aromatic N) is 5. The molecule has 0 saturated heterocycles. The number of para-hydroxylation sites is 2. The molecule has 9 rings (SSSR count). The Morgan fingerprint density at radius 2 is 1.28 bits per heavy atom. The summed E-state index contributed by atoms with van der Waals surface area (Å²) >= 11 is 0. The van der Waals surface area contributed by atoms with Crippen molar-refractivity contribution in [2.75, 3.05) is 9.80 Å². The first-order valence-corrected chi connectivity index (χ1v) is 19.2. The molecule has 0 N–H and O–H groups in total. The summed E-state index contributed by atoms with van der Waals surface area (Å²) < 4.78 is 8.87. The van der Waals surface area contributed by atoms with Crippen LogP contribution in [0.15, 0.2) is 140 Å². The van der Waals surface area contributed by atoms with Crippen LogP contribution >= 0.6 is 0 Å². The zero-order chi connectivity index (χ0) is 38.6. The van der Waals surface area contributed by atoms with Gasteiger partial charge in [-0.3, -0.25) is 0 Å². The number of anilines is 3. The Morgan fingerprint density at radius 3 is 1.98 bits per heavy atom. The summed E-state index contributed by atoms with van der Waals surface area (Å²) in [6, 6.07) is 51.8. The smallest absolute Gasteiger partial charge is 0.232 e. The molecular weight excluding hydrogens is 882 g/mol. The van der Waals surface area contributed by atoms with Gasteiger partial charge in [0.2, 0.25) is 5.95 Å². The van der Waals surface area contributed by atoms with Gasteiger partial charge >= 0.3 is 0 Å². The average Bonchev–Trinajstić information content (AvgIpc) is 3.73. The van der Waals surface area contributed by atoms with E-state index in [1.807, 2.05) is 24.5 Å². The van der Waals surface area contributed by atoms with Crippen LogP contribution in [-0.4, -0.2) is 14.5 Å². The number of rotatable bonds is 7. The first-order chi connectivity index (χ1) is 27.0. The molecule has 288 valence electrons. The maximum absolute atomic E-state index is 6.77. The Hall–Kier alpha value is -5.71. The predicted molar refractivity (Wildman–Crippen MR) is 229 cm³/mol. The van der Waals surface area contributed by atoms with Gasteiger partial charge in [-0.15, -0.1) is 47.0 Å². The standard InChI is InChI=1S/C50H44N5O.Pt/c1-49(2,3)37-21-24-44-43(27-37)42-23-22-40(29-47(42)55(44)48-51-30-38(31-52-48)50(4,5)6)56-41-26-36(35-17-11-8-12-18-35)25-39(28-41)54-33-53(32-34-15-9-7-10-16-34)45-19-13-14-20-46(45)54;/h7-27,30-31,33H,32H2,1-6H3;/q-3;. The molecule has 0 atom stereocenters. The summed E-state index contributed by atoms with van der Waals surface area (Å²) in [4.78, 5) is 14.3. The van der Waals surface area contributed by atoms with Gasteiger partial charge in [-0.1, -0.05) is 132 Å². The second-order valence-electron chi connectivity index (χ2n) is 16.6. The van der Waals surface area contributed by atoms with Crippen molar-refractivity contribution in [3.63, 3.8) is 0 Å². The molecule has 8 aromatic rings. The summed E-state index contributed by atoms with van der Waals surface area (Å²) in [6.45, 7) is 16.2. The van der Waals surface area contributed by atoms with Crippen LogP contribution in [0.4, 0.5) is 17.1 Å². The van der Waals surface area contributed by atoms with Crippen molar-refractivity contribution in [1.82, 2.24) is 14.5 Å². The molecule has 57 heavy (non-hydrogen) atoms. The molecule has 0 spiro atoms. The van der Waals surface area contributed by atoms with E-state index in [0.717, 1.165) is 62.1 Å². The molecule has 1 aliphatic rings. The Bertz CT molecular complexity index is 2690. The molecule has 0 unspecified atom stereocenters. The minimum absolute atomic E-state index is 0.